The smallest absolute Gasteiger partial charge is 0.179 e. The summed E-state index contributed by atoms with van der Waals surface area (Å²) in [5.74, 6) is 0.0144. The van der Waals surface area contributed by atoms with E-state index in [1.165, 1.54) is 0 Å². The maximum absolute atomic E-state index is 13.3. The van der Waals surface area contributed by atoms with Gasteiger partial charge < -0.3 is 5.11 Å². The molecule has 2 aromatic carbocycles. The van der Waals surface area contributed by atoms with Crippen molar-refractivity contribution >= 4 is 21.6 Å². The molecule has 0 aromatic heterocycles. The maximum Gasteiger partial charge on any atom is 0.179 e. The van der Waals surface area contributed by atoms with Gasteiger partial charge in [0.2, 0.25) is 0 Å². The third kappa shape index (κ3) is 4.10. The minimum absolute atomic E-state index is 0.0144. The predicted octanol–water partition coefficient (Wildman–Crippen LogP) is 5.25. The van der Waals surface area contributed by atoms with Crippen molar-refractivity contribution in [3.05, 3.63) is 60.2 Å². The van der Waals surface area contributed by atoms with E-state index >= 15 is 0 Å². The van der Waals surface area contributed by atoms with E-state index in [9.17, 15) is 13.5 Å². The van der Waals surface area contributed by atoms with Crippen molar-refractivity contribution in [2.75, 3.05) is 5.75 Å². The normalized spacial score (nSPS) is 26.9. The molecule has 2 aromatic rings. The number of aliphatic hydroxyl groups is 1. The molecule has 1 heterocycles. The molecule has 0 saturated heterocycles. The van der Waals surface area contributed by atoms with Crippen LogP contribution in [0.2, 0.25) is 0 Å². The molecule has 1 aliphatic heterocycles. The molecular formula is C22H28O3S2. The first-order valence-corrected chi connectivity index (χ1v) is 12.2. The van der Waals surface area contributed by atoms with E-state index in [2.05, 4.69) is 6.92 Å². The summed E-state index contributed by atoms with van der Waals surface area (Å²) < 4.78 is 26.5. The van der Waals surface area contributed by atoms with Crippen LogP contribution < -0.4 is 0 Å². The highest BCUT2D eigenvalue weighted by Gasteiger charge is 2.48. The second-order valence-corrected chi connectivity index (χ2v) is 10.6. The Morgan fingerprint density at radius 1 is 1.07 bits per heavy atom. The highest BCUT2D eigenvalue weighted by molar-refractivity contribution is 7.99. The molecule has 0 radical (unpaired) electrons. The van der Waals surface area contributed by atoms with Crippen LogP contribution in [0.15, 0.2) is 64.4 Å². The Morgan fingerprint density at radius 2 is 1.74 bits per heavy atom. The van der Waals surface area contributed by atoms with Crippen LogP contribution in [-0.2, 0) is 9.84 Å². The number of sulfone groups is 1. The molecule has 5 heteroatoms. The number of fused-ring (bicyclic) bond motifs is 1. The summed E-state index contributed by atoms with van der Waals surface area (Å²) >= 11 is 1.57. The van der Waals surface area contributed by atoms with E-state index < -0.39 is 21.4 Å². The summed E-state index contributed by atoms with van der Waals surface area (Å²) in [4.78, 5) is 1.42. The fourth-order valence-corrected chi connectivity index (χ4v) is 7.75. The molecule has 3 atom stereocenters. The summed E-state index contributed by atoms with van der Waals surface area (Å²) in [5, 5.41) is 11.2. The summed E-state index contributed by atoms with van der Waals surface area (Å²) in [6.45, 7) is 4.11. The van der Waals surface area contributed by atoms with Crippen molar-refractivity contribution < 1.29 is 13.5 Å². The number of hydrogen-bond acceptors (Lipinski definition) is 4. The zero-order valence-electron chi connectivity index (χ0n) is 16.0. The summed E-state index contributed by atoms with van der Waals surface area (Å²) in [6, 6.07) is 17.1. The van der Waals surface area contributed by atoms with Gasteiger partial charge in [-0.25, -0.2) is 8.42 Å². The zero-order chi connectivity index (χ0) is 19.5. The summed E-state index contributed by atoms with van der Waals surface area (Å²) in [7, 11) is -3.46. The zero-order valence-corrected chi connectivity index (χ0v) is 17.6. The number of rotatable bonds is 6. The SMILES string of the molecule is CCCCC1(CC)CS(=O)(=O)c2ccccc2C(Sc2ccccc2)C1O. The quantitative estimate of drug-likeness (QED) is 0.714. The lowest BCUT2D eigenvalue weighted by Gasteiger charge is -2.39. The topological polar surface area (TPSA) is 54.4 Å². The average Bonchev–Trinajstić information content (AvgIpc) is 2.75. The first-order valence-electron chi connectivity index (χ1n) is 9.65. The van der Waals surface area contributed by atoms with Crippen LogP contribution in [0.4, 0.5) is 0 Å². The molecule has 0 bridgehead atoms. The van der Waals surface area contributed by atoms with Gasteiger partial charge in [0.1, 0.15) is 0 Å². The van der Waals surface area contributed by atoms with E-state index in [1.54, 1.807) is 23.9 Å². The van der Waals surface area contributed by atoms with Crippen LogP contribution in [0.5, 0.6) is 0 Å². The van der Waals surface area contributed by atoms with E-state index in [0.29, 0.717) is 11.3 Å². The minimum atomic E-state index is -3.46. The maximum atomic E-state index is 13.3. The van der Waals surface area contributed by atoms with Crippen LogP contribution in [0, 0.1) is 5.41 Å². The number of aliphatic hydroxyl groups excluding tert-OH is 1. The van der Waals surface area contributed by atoms with Gasteiger partial charge in [-0.2, -0.15) is 0 Å². The molecule has 3 rings (SSSR count). The van der Waals surface area contributed by atoms with Crippen molar-refractivity contribution in [1.29, 1.82) is 0 Å². The monoisotopic (exact) mass is 404 g/mol. The van der Waals surface area contributed by atoms with E-state index in [0.717, 1.165) is 29.7 Å². The Bertz CT molecular complexity index is 864. The first kappa shape index (κ1) is 20.4. The van der Waals surface area contributed by atoms with Crippen molar-refractivity contribution in [3.8, 4) is 0 Å². The molecule has 3 nitrogen and oxygen atoms in total. The van der Waals surface area contributed by atoms with Crippen molar-refractivity contribution in [2.24, 2.45) is 5.41 Å². The Kier molecular flexibility index (Phi) is 6.34. The second-order valence-electron chi connectivity index (χ2n) is 7.41. The lowest BCUT2D eigenvalue weighted by molar-refractivity contribution is 0.0277. The van der Waals surface area contributed by atoms with Crippen LogP contribution >= 0.6 is 11.8 Å². The van der Waals surface area contributed by atoms with Gasteiger partial charge in [-0.15, -0.1) is 11.8 Å². The highest BCUT2D eigenvalue weighted by atomic mass is 32.2. The molecule has 1 aliphatic rings. The number of thioether (sulfide) groups is 1. The van der Waals surface area contributed by atoms with E-state index in [4.69, 9.17) is 0 Å². The van der Waals surface area contributed by atoms with Gasteiger partial charge in [0.15, 0.2) is 9.84 Å². The fraction of sp³-hybridized carbons (Fsp3) is 0.455. The minimum Gasteiger partial charge on any atom is -0.391 e. The number of unbranched alkanes of at least 4 members (excludes halogenated alkanes) is 1. The third-order valence-electron chi connectivity index (χ3n) is 5.69. The lowest BCUT2D eigenvalue weighted by Crippen LogP contribution is -2.41. The Balaban J connectivity index is 2.14. The first-order chi connectivity index (χ1) is 12.9. The van der Waals surface area contributed by atoms with Gasteiger partial charge in [0, 0.05) is 10.3 Å². The predicted molar refractivity (Wildman–Crippen MR) is 112 cm³/mol. The molecule has 0 saturated carbocycles. The molecule has 0 spiro atoms. The molecule has 0 aliphatic carbocycles. The largest absolute Gasteiger partial charge is 0.391 e. The van der Waals surface area contributed by atoms with Crippen LogP contribution in [-0.4, -0.2) is 25.4 Å². The summed E-state index contributed by atoms with van der Waals surface area (Å²) in [6.07, 6.45) is 2.54. The summed E-state index contributed by atoms with van der Waals surface area (Å²) in [5.41, 5.74) is 0.103. The van der Waals surface area contributed by atoms with Gasteiger partial charge >= 0.3 is 0 Å². The Labute approximate surface area is 167 Å². The van der Waals surface area contributed by atoms with Gasteiger partial charge in [-0.1, -0.05) is 63.1 Å². The van der Waals surface area contributed by atoms with Crippen LogP contribution in [0.25, 0.3) is 0 Å². The molecule has 1 N–H and O–H groups in total. The van der Waals surface area contributed by atoms with Gasteiger partial charge in [0.05, 0.1) is 22.0 Å². The van der Waals surface area contributed by atoms with Gasteiger partial charge in [0.25, 0.3) is 0 Å². The Morgan fingerprint density at radius 3 is 2.41 bits per heavy atom. The standard InChI is InChI=1S/C22H28O3S2/c1-3-5-15-22(4-2)16-27(24,25)19-14-10-9-13-18(19)20(21(22)23)26-17-11-7-6-8-12-17/h6-14,20-21,23H,3-5,15-16H2,1-2H3. The van der Waals surface area contributed by atoms with Crippen LogP contribution in [0.1, 0.15) is 50.3 Å². The van der Waals surface area contributed by atoms with Crippen molar-refractivity contribution in [3.63, 3.8) is 0 Å². The molecule has 3 unspecified atom stereocenters. The van der Waals surface area contributed by atoms with Crippen LogP contribution in [0.3, 0.4) is 0 Å². The molecular weight excluding hydrogens is 376 g/mol. The number of hydrogen-bond donors (Lipinski definition) is 1. The van der Waals surface area contributed by atoms with Gasteiger partial charge in [-0.3, -0.25) is 0 Å². The highest BCUT2D eigenvalue weighted by Crippen LogP contribution is 2.51. The Hall–Kier alpha value is -1.30. The fourth-order valence-electron chi connectivity index (χ4n) is 4.04. The average molecular weight is 405 g/mol. The molecule has 0 fully saturated rings. The molecule has 27 heavy (non-hydrogen) atoms. The lowest BCUT2D eigenvalue weighted by atomic mass is 9.75. The number of benzene rings is 2. The van der Waals surface area contributed by atoms with Gasteiger partial charge in [-0.05, 0) is 36.6 Å². The second kappa shape index (κ2) is 8.38. The van der Waals surface area contributed by atoms with Crippen molar-refractivity contribution in [1.82, 2.24) is 0 Å². The van der Waals surface area contributed by atoms with E-state index in [-0.39, 0.29) is 11.0 Å². The van der Waals surface area contributed by atoms with Crippen molar-refractivity contribution in [2.45, 2.75) is 60.7 Å². The third-order valence-corrected chi connectivity index (χ3v) is 9.00. The van der Waals surface area contributed by atoms with E-state index in [1.807, 2.05) is 49.4 Å². The molecule has 146 valence electrons. The molecule has 0 amide bonds.